The first-order chi connectivity index (χ1) is 7.58. The predicted molar refractivity (Wildman–Crippen MR) is 55.3 cm³/mol. The average Bonchev–Trinajstić information content (AvgIpc) is 2.81. The average molecular weight is 224 g/mol. The molecule has 0 aromatic heterocycles. The maximum absolute atomic E-state index is 11.5. The third kappa shape index (κ3) is 1.26. The van der Waals surface area contributed by atoms with Gasteiger partial charge in [-0.05, 0) is 31.3 Å². The Morgan fingerprint density at radius 1 is 1.62 bits per heavy atom. The van der Waals surface area contributed by atoms with Crippen LogP contribution in [0.25, 0.3) is 0 Å². The Hall–Kier alpha value is -0.870. The highest BCUT2D eigenvalue weighted by molar-refractivity contribution is 5.76. The van der Waals surface area contributed by atoms with Crippen molar-refractivity contribution in [1.82, 2.24) is 0 Å². The van der Waals surface area contributed by atoms with Gasteiger partial charge in [0, 0.05) is 5.92 Å². The molecule has 16 heavy (non-hydrogen) atoms. The zero-order chi connectivity index (χ0) is 11.4. The van der Waals surface area contributed by atoms with E-state index < -0.39 is 6.29 Å². The Balaban J connectivity index is 1.75. The second-order valence-electron chi connectivity index (χ2n) is 5.20. The quantitative estimate of drug-likeness (QED) is 0.438. The fraction of sp³-hybridized carbons (Fsp3) is 0.750. The first-order valence-electron chi connectivity index (χ1n) is 5.77. The summed E-state index contributed by atoms with van der Waals surface area (Å²) < 4.78 is 10.9. The highest BCUT2D eigenvalue weighted by atomic mass is 16.6. The molecule has 0 radical (unpaired) electrons. The van der Waals surface area contributed by atoms with Crippen LogP contribution in [-0.2, 0) is 14.3 Å². The number of hydrogen-bond donors (Lipinski definition) is 1. The Bertz CT molecular complexity index is 351. The van der Waals surface area contributed by atoms with Gasteiger partial charge < -0.3 is 14.6 Å². The first kappa shape index (κ1) is 10.3. The van der Waals surface area contributed by atoms with Gasteiger partial charge >= 0.3 is 5.97 Å². The van der Waals surface area contributed by atoms with Crippen molar-refractivity contribution in [2.45, 2.75) is 38.3 Å². The summed E-state index contributed by atoms with van der Waals surface area (Å²) in [4.78, 5) is 11.5. The van der Waals surface area contributed by atoms with Gasteiger partial charge in [0.05, 0.1) is 5.92 Å². The Labute approximate surface area is 94.2 Å². The zero-order valence-corrected chi connectivity index (χ0v) is 9.26. The van der Waals surface area contributed by atoms with Crippen LogP contribution in [0.5, 0.6) is 0 Å². The fourth-order valence-electron chi connectivity index (χ4n) is 3.35. The summed E-state index contributed by atoms with van der Waals surface area (Å²) in [5.74, 6) is 0.700. The lowest BCUT2D eigenvalue weighted by Gasteiger charge is -2.27. The minimum Gasteiger partial charge on any atom is -0.459 e. The maximum Gasteiger partial charge on any atom is 0.309 e. The summed E-state index contributed by atoms with van der Waals surface area (Å²) in [5, 5.41) is 9.65. The first-order valence-corrected chi connectivity index (χ1v) is 5.77. The molecule has 0 amide bonds. The molecule has 0 spiro atoms. The van der Waals surface area contributed by atoms with Crippen LogP contribution >= 0.6 is 0 Å². The number of fused-ring (bicyclic) bond motifs is 1. The van der Waals surface area contributed by atoms with Crippen LogP contribution in [0.4, 0.5) is 0 Å². The zero-order valence-electron chi connectivity index (χ0n) is 9.26. The summed E-state index contributed by atoms with van der Waals surface area (Å²) >= 11 is 0. The lowest BCUT2D eigenvalue weighted by atomic mass is 9.88. The van der Waals surface area contributed by atoms with Crippen LogP contribution < -0.4 is 0 Å². The molecule has 1 saturated heterocycles. The van der Waals surface area contributed by atoms with E-state index in [4.69, 9.17) is 9.47 Å². The summed E-state index contributed by atoms with van der Waals surface area (Å²) in [6, 6.07) is 0. The summed E-state index contributed by atoms with van der Waals surface area (Å²) in [7, 11) is 0. The molecule has 4 nitrogen and oxygen atoms in total. The number of aliphatic hydroxyl groups excluding tert-OH is 1. The lowest BCUT2D eigenvalue weighted by Crippen LogP contribution is -2.37. The molecule has 2 aliphatic carbocycles. The van der Waals surface area contributed by atoms with Crippen LogP contribution in [-0.4, -0.2) is 29.6 Å². The molecule has 2 saturated carbocycles. The van der Waals surface area contributed by atoms with Gasteiger partial charge in [-0.2, -0.15) is 0 Å². The highest BCUT2D eigenvalue weighted by Crippen LogP contribution is 2.55. The van der Waals surface area contributed by atoms with Crippen LogP contribution in [0.1, 0.15) is 19.8 Å². The van der Waals surface area contributed by atoms with Crippen molar-refractivity contribution in [2.24, 2.45) is 17.8 Å². The molecule has 1 N–H and O–H groups in total. The van der Waals surface area contributed by atoms with Crippen molar-refractivity contribution >= 4 is 5.97 Å². The molecule has 1 aliphatic heterocycles. The van der Waals surface area contributed by atoms with E-state index in [2.05, 4.69) is 6.58 Å². The highest BCUT2D eigenvalue weighted by Gasteiger charge is 2.62. The van der Waals surface area contributed by atoms with Crippen molar-refractivity contribution < 1.29 is 19.4 Å². The Morgan fingerprint density at radius 3 is 3.06 bits per heavy atom. The van der Waals surface area contributed by atoms with E-state index in [0.717, 1.165) is 12.8 Å². The van der Waals surface area contributed by atoms with Gasteiger partial charge in [-0.3, -0.25) is 4.79 Å². The molecule has 2 bridgehead atoms. The summed E-state index contributed by atoms with van der Waals surface area (Å²) in [5.41, 5.74) is 0.587. The summed E-state index contributed by atoms with van der Waals surface area (Å²) in [6.45, 7) is 5.38. The standard InChI is InChI=1S/C12H16O4/c1-5(2)11(13)15-9-6-3-7-8(4-6)12(14)16-10(7)9/h6-11,13H,1,3-4H2,2H3/t6-,7?,8?,9?,10?,11?/m0/s1. The lowest BCUT2D eigenvalue weighted by molar-refractivity contribution is -0.165. The van der Waals surface area contributed by atoms with E-state index in [1.165, 1.54) is 0 Å². The van der Waals surface area contributed by atoms with E-state index in [1.54, 1.807) is 6.92 Å². The van der Waals surface area contributed by atoms with Crippen molar-refractivity contribution in [3.8, 4) is 0 Å². The molecule has 0 aromatic rings. The van der Waals surface area contributed by atoms with Crippen LogP contribution in [0.3, 0.4) is 0 Å². The second-order valence-corrected chi connectivity index (χ2v) is 5.20. The fourth-order valence-corrected chi connectivity index (χ4v) is 3.35. The maximum atomic E-state index is 11.5. The number of esters is 1. The van der Waals surface area contributed by atoms with Crippen molar-refractivity contribution in [1.29, 1.82) is 0 Å². The van der Waals surface area contributed by atoms with E-state index in [1.807, 2.05) is 0 Å². The van der Waals surface area contributed by atoms with Crippen LogP contribution in [0.15, 0.2) is 12.2 Å². The number of rotatable bonds is 3. The van der Waals surface area contributed by atoms with Crippen molar-refractivity contribution in [3.63, 3.8) is 0 Å². The van der Waals surface area contributed by atoms with Gasteiger partial charge in [-0.15, -0.1) is 0 Å². The van der Waals surface area contributed by atoms with Crippen LogP contribution in [0.2, 0.25) is 0 Å². The van der Waals surface area contributed by atoms with Gasteiger partial charge in [-0.1, -0.05) is 6.58 Å². The number of aliphatic hydroxyl groups is 1. The smallest absolute Gasteiger partial charge is 0.309 e. The molecule has 3 aliphatic rings. The number of carbonyl (C=O) groups is 1. The Kier molecular flexibility index (Phi) is 2.13. The third-order valence-electron chi connectivity index (χ3n) is 4.12. The molecular formula is C12H16O4. The number of hydrogen-bond acceptors (Lipinski definition) is 4. The van der Waals surface area contributed by atoms with Crippen molar-refractivity contribution in [3.05, 3.63) is 12.2 Å². The minimum absolute atomic E-state index is 0.0755. The monoisotopic (exact) mass is 224 g/mol. The third-order valence-corrected chi connectivity index (χ3v) is 4.12. The molecule has 5 unspecified atom stereocenters. The molecule has 3 rings (SSSR count). The Morgan fingerprint density at radius 2 is 2.38 bits per heavy atom. The number of carbonyl (C=O) groups excluding carboxylic acids is 1. The van der Waals surface area contributed by atoms with Gasteiger partial charge in [0.15, 0.2) is 6.29 Å². The van der Waals surface area contributed by atoms with Gasteiger partial charge in [0.1, 0.15) is 12.2 Å². The SMILES string of the molecule is C=C(C)C(O)OC1C2OC(=O)C3C[C@@H]1CC32. The van der Waals surface area contributed by atoms with Crippen molar-refractivity contribution in [2.75, 3.05) is 0 Å². The molecule has 0 aromatic carbocycles. The van der Waals surface area contributed by atoms with Gasteiger partial charge in [0.2, 0.25) is 0 Å². The summed E-state index contributed by atoms with van der Waals surface area (Å²) in [6.07, 6.45) is 0.633. The van der Waals surface area contributed by atoms with E-state index in [0.29, 0.717) is 17.4 Å². The van der Waals surface area contributed by atoms with Crippen LogP contribution in [0, 0.1) is 17.8 Å². The van der Waals surface area contributed by atoms with Gasteiger partial charge in [-0.25, -0.2) is 0 Å². The number of ether oxygens (including phenoxy) is 2. The van der Waals surface area contributed by atoms with E-state index in [-0.39, 0.29) is 24.1 Å². The topological polar surface area (TPSA) is 55.8 Å². The normalized spacial score (nSPS) is 45.9. The van der Waals surface area contributed by atoms with E-state index in [9.17, 15) is 9.90 Å². The molecule has 88 valence electrons. The molecule has 3 fully saturated rings. The van der Waals surface area contributed by atoms with E-state index >= 15 is 0 Å². The second kappa shape index (κ2) is 3.31. The van der Waals surface area contributed by atoms with Gasteiger partial charge in [0.25, 0.3) is 0 Å². The molecule has 1 heterocycles. The predicted octanol–water partition coefficient (Wildman–Crippen LogP) is 0.847. The molecule has 4 heteroatoms. The molecule has 6 atom stereocenters. The largest absolute Gasteiger partial charge is 0.459 e. The minimum atomic E-state index is -0.942. The molecular weight excluding hydrogens is 208 g/mol.